The summed E-state index contributed by atoms with van der Waals surface area (Å²) in [6.07, 6.45) is 6.86. The van der Waals surface area contributed by atoms with Gasteiger partial charge in [0.25, 0.3) is 11.1 Å². The Hall–Kier alpha value is -1.79. The molecular formula is C19H21ClN2O3S. The minimum Gasteiger partial charge on any atom is -0.354 e. The molecule has 3 rings (SSSR count). The molecule has 1 aromatic carbocycles. The summed E-state index contributed by atoms with van der Waals surface area (Å²) in [6, 6.07) is 7.05. The Morgan fingerprint density at radius 2 is 1.92 bits per heavy atom. The molecule has 2 fully saturated rings. The standard InChI is InChI=1S/C19H21ClN2O3S/c20-15-7-5-14(6-8-15)11-16-18(24)22(19(25)26-16)10-9-21-17(23)12-13-3-1-2-4-13/h5-8,11,13H,1-4,9-10,12H2,(H,21,23). The van der Waals surface area contributed by atoms with Crippen LogP contribution in [0.25, 0.3) is 6.08 Å². The zero-order chi connectivity index (χ0) is 18.5. The third kappa shape index (κ3) is 4.89. The predicted octanol–water partition coefficient (Wildman–Crippen LogP) is 4.07. The van der Waals surface area contributed by atoms with Gasteiger partial charge in [-0.1, -0.05) is 36.6 Å². The lowest BCUT2D eigenvalue weighted by Gasteiger charge is -2.14. The number of benzene rings is 1. The van der Waals surface area contributed by atoms with Crippen LogP contribution in [0.15, 0.2) is 29.2 Å². The van der Waals surface area contributed by atoms with Crippen LogP contribution in [-0.4, -0.2) is 35.0 Å². The van der Waals surface area contributed by atoms with Crippen molar-refractivity contribution in [1.82, 2.24) is 10.2 Å². The van der Waals surface area contributed by atoms with Crippen LogP contribution < -0.4 is 5.32 Å². The lowest BCUT2D eigenvalue weighted by molar-refractivity contribution is -0.124. The Labute approximate surface area is 162 Å². The average molecular weight is 393 g/mol. The first-order chi connectivity index (χ1) is 12.5. The molecule has 26 heavy (non-hydrogen) atoms. The molecule has 1 aliphatic heterocycles. The van der Waals surface area contributed by atoms with E-state index in [4.69, 9.17) is 11.6 Å². The van der Waals surface area contributed by atoms with Gasteiger partial charge < -0.3 is 5.32 Å². The molecule has 1 aliphatic carbocycles. The van der Waals surface area contributed by atoms with Gasteiger partial charge in [0, 0.05) is 24.5 Å². The molecule has 0 radical (unpaired) electrons. The first-order valence-electron chi connectivity index (χ1n) is 8.80. The van der Waals surface area contributed by atoms with Crippen molar-refractivity contribution >= 4 is 46.5 Å². The summed E-state index contributed by atoms with van der Waals surface area (Å²) in [5, 5.41) is 3.13. The third-order valence-corrected chi connectivity index (χ3v) is 5.81. The van der Waals surface area contributed by atoms with Gasteiger partial charge >= 0.3 is 0 Å². The maximum absolute atomic E-state index is 12.4. The number of rotatable bonds is 6. The van der Waals surface area contributed by atoms with Gasteiger partial charge in [-0.15, -0.1) is 0 Å². The van der Waals surface area contributed by atoms with Gasteiger partial charge in [-0.05, 0) is 54.3 Å². The Kier molecular flexibility index (Phi) is 6.38. The molecule has 5 nitrogen and oxygen atoms in total. The van der Waals surface area contributed by atoms with Crippen LogP contribution in [0.5, 0.6) is 0 Å². The Morgan fingerprint density at radius 3 is 2.62 bits per heavy atom. The molecule has 7 heteroatoms. The third-order valence-electron chi connectivity index (χ3n) is 4.65. The van der Waals surface area contributed by atoms with Crippen LogP contribution in [0.2, 0.25) is 5.02 Å². The number of nitrogens with zero attached hydrogens (tertiary/aromatic N) is 1. The number of imide groups is 1. The summed E-state index contributed by atoms with van der Waals surface area (Å²) < 4.78 is 0. The molecule has 138 valence electrons. The SMILES string of the molecule is O=C(CC1CCCC1)NCCN1C(=O)SC(=Cc2ccc(Cl)cc2)C1=O. The van der Waals surface area contributed by atoms with E-state index in [2.05, 4.69) is 5.32 Å². The molecule has 0 aromatic heterocycles. The van der Waals surface area contributed by atoms with Crippen molar-refractivity contribution in [3.8, 4) is 0 Å². The van der Waals surface area contributed by atoms with E-state index < -0.39 is 0 Å². The molecule has 1 aromatic rings. The fourth-order valence-electron chi connectivity index (χ4n) is 3.26. The smallest absolute Gasteiger partial charge is 0.293 e. The van der Waals surface area contributed by atoms with E-state index in [0.717, 1.165) is 30.2 Å². The van der Waals surface area contributed by atoms with E-state index >= 15 is 0 Å². The van der Waals surface area contributed by atoms with E-state index in [9.17, 15) is 14.4 Å². The van der Waals surface area contributed by atoms with Crippen LogP contribution >= 0.6 is 23.4 Å². The molecule has 0 spiro atoms. The molecule has 0 bridgehead atoms. The number of hydrogen-bond donors (Lipinski definition) is 1. The molecule has 1 heterocycles. The topological polar surface area (TPSA) is 66.5 Å². The molecule has 2 aliphatic rings. The highest BCUT2D eigenvalue weighted by Crippen LogP contribution is 2.32. The first kappa shape index (κ1) is 19.0. The Bertz CT molecular complexity index is 727. The van der Waals surface area contributed by atoms with Crippen molar-refractivity contribution in [3.05, 3.63) is 39.8 Å². The lowest BCUT2D eigenvalue weighted by Crippen LogP contribution is -2.37. The van der Waals surface area contributed by atoms with E-state index in [1.54, 1.807) is 30.3 Å². The second-order valence-corrected chi connectivity index (χ2v) is 8.02. The van der Waals surface area contributed by atoms with E-state index in [1.165, 1.54) is 17.7 Å². The highest BCUT2D eigenvalue weighted by molar-refractivity contribution is 8.18. The highest BCUT2D eigenvalue weighted by Gasteiger charge is 2.34. The quantitative estimate of drug-likeness (QED) is 0.741. The van der Waals surface area contributed by atoms with Gasteiger partial charge in [0.1, 0.15) is 0 Å². The van der Waals surface area contributed by atoms with Crippen molar-refractivity contribution < 1.29 is 14.4 Å². The van der Waals surface area contributed by atoms with E-state index in [0.29, 0.717) is 22.3 Å². The maximum Gasteiger partial charge on any atom is 0.293 e. The number of nitrogens with one attached hydrogen (secondary N) is 1. The fourth-order valence-corrected chi connectivity index (χ4v) is 4.25. The maximum atomic E-state index is 12.4. The van der Waals surface area contributed by atoms with Gasteiger partial charge in [-0.2, -0.15) is 0 Å². The molecular weight excluding hydrogens is 372 g/mol. The summed E-state index contributed by atoms with van der Waals surface area (Å²) in [7, 11) is 0. The van der Waals surface area contributed by atoms with Gasteiger partial charge in [-0.3, -0.25) is 19.3 Å². The predicted molar refractivity (Wildman–Crippen MR) is 104 cm³/mol. The summed E-state index contributed by atoms with van der Waals surface area (Å²) in [5.41, 5.74) is 0.810. The number of carbonyl (C=O) groups is 3. The second kappa shape index (κ2) is 8.73. The monoisotopic (exact) mass is 392 g/mol. The number of amides is 3. The van der Waals surface area contributed by atoms with E-state index in [-0.39, 0.29) is 30.1 Å². The normalized spacial score (nSPS) is 19.6. The fraction of sp³-hybridized carbons (Fsp3) is 0.421. The largest absolute Gasteiger partial charge is 0.354 e. The van der Waals surface area contributed by atoms with Crippen molar-refractivity contribution in [2.24, 2.45) is 5.92 Å². The van der Waals surface area contributed by atoms with Crippen molar-refractivity contribution in [2.75, 3.05) is 13.1 Å². The minimum absolute atomic E-state index is 0.000535. The lowest BCUT2D eigenvalue weighted by atomic mass is 10.0. The van der Waals surface area contributed by atoms with Crippen LogP contribution in [0.4, 0.5) is 4.79 Å². The van der Waals surface area contributed by atoms with Crippen LogP contribution in [0.3, 0.4) is 0 Å². The Morgan fingerprint density at radius 1 is 1.23 bits per heavy atom. The van der Waals surface area contributed by atoms with Gasteiger partial charge in [0.05, 0.1) is 4.91 Å². The summed E-state index contributed by atoms with van der Waals surface area (Å²) in [5.74, 6) is 0.162. The van der Waals surface area contributed by atoms with Gasteiger partial charge in [0.15, 0.2) is 0 Å². The Balaban J connectivity index is 1.50. The van der Waals surface area contributed by atoms with Crippen molar-refractivity contribution in [3.63, 3.8) is 0 Å². The highest BCUT2D eigenvalue weighted by atomic mass is 35.5. The molecule has 0 atom stereocenters. The molecule has 1 N–H and O–H groups in total. The molecule has 0 unspecified atom stereocenters. The first-order valence-corrected chi connectivity index (χ1v) is 10.00. The zero-order valence-corrected chi connectivity index (χ0v) is 15.9. The second-order valence-electron chi connectivity index (χ2n) is 6.59. The number of thioether (sulfide) groups is 1. The van der Waals surface area contributed by atoms with Gasteiger partial charge in [-0.25, -0.2) is 0 Å². The zero-order valence-electron chi connectivity index (χ0n) is 14.4. The minimum atomic E-state index is -0.319. The van der Waals surface area contributed by atoms with Crippen LogP contribution in [-0.2, 0) is 9.59 Å². The number of hydrogen-bond acceptors (Lipinski definition) is 4. The molecule has 3 amide bonds. The number of halogens is 1. The van der Waals surface area contributed by atoms with Crippen molar-refractivity contribution in [2.45, 2.75) is 32.1 Å². The van der Waals surface area contributed by atoms with Gasteiger partial charge in [0.2, 0.25) is 5.91 Å². The molecule has 1 saturated heterocycles. The van der Waals surface area contributed by atoms with E-state index in [1.807, 2.05) is 0 Å². The average Bonchev–Trinajstić information content (AvgIpc) is 3.20. The summed E-state index contributed by atoms with van der Waals surface area (Å²) in [6.45, 7) is 0.483. The van der Waals surface area contributed by atoms with Crippen LogP contribution in [0, 0.1) is 5.92 Å². The number of carbonyl (C=O) groups excluding carboxylic acids is 3. The summed E-state index contributed by atoms with van der Waals surface area (Å²) >= 11 is 6.77. The molecule has 1 saturated carbocycles. The summed E-state index contributed by atoms with van der Waals surface area (Å²) in [4.78, 5) is 38.0. The van der Waals surface area contributed by atoms with Crippen molar-refractivity contribution in [1.29, 1.82) is 0 Å². The van der Waals surface area contributed by atoms with Crippen LogP contribution in [0.1, 0.15) is 37.7 Å².